The van der Waals surface area contributed by atoms with Crippen LogP contribution in [0.5, 0.6) is 0 Å². The predicted octanol–water partition coefficient (Wildman–Crippen LogP) is 2.05. The molecule has 3 rings (SSSR count). The summed E-state index contributed by atoms with van der Waals surface area (Å²) >= 11 is 0. The van der Waals surface area contributed by atoms with Gasteiger partial charge in [-0.1, -0.05) is 0 Å². The number of carbonyl (C=O) groups is 1. The molecule has 1 fully saturated rings. The molecule has 0 bridgehead atoms. The quantitative estimate of drug-likeness (QED) is 0.918. The Balaban J connectivity index is 2.00. The van der Waals surface area contributed by atoms with Gasteiger partial charge in [0, 0.05) is 31.5 Å². The number of halogens is 3. The van der Waals surface area contributed by atoms with E-state index in [-0.39, 0.29) is 12.1 Å². The first-order chi connectivity index (χ1) is 10.4. The lowest BCUT2D eigenvalue weighted by atomic mass is 9.98. The molecule has 1 atom stereocenters. The van der Waals surface area contributed by atoms with E-state index in [0.717, 1.165) is 10.6 Å². The number of anilines is 1. The number of rotatable bonds is 2. The van der Waals surface area contributed by atoms with Gasteiger partial charge in [-0.2, -0.15) is 18.3 Å². The zero-order valence-electron chi connectivity index (χ0n) is 11.4. The van der Waals surface area contributed by atoms with Crippen LogP contribution in [-0.4, -0.2) is 38.8 Å². The van der Waals surface area contributed by atoms with Crippen molar-refractivity contribution in [2.75, 3.05) is 18.0 Å². The number of hydrogen-bond acceptors (Lipinski definition) is 4. The Bertz CT molecular complexity index is 713. The van der Waals surface area contributed by atoms with E-state index in [1.54, 1.807) is 4.90 Å². The minimum Gasteiger partial charge on any atom is -0.481 e. The van der Waals surface area contributed by atoms with Crippen molar-refractivity contribution in [1.82, 2.24) is 14.6 Å². The molecule has 0 saturated carbocycles. The fourth-order valence-electron chi connectivity index (χ4n) is 2.66. The Morgan fingerprint density at radius 2 is 2.18 bits per heavy atom. The van der Waals surface area contributed by atoms with Crippen LogP contribution in [0.2, 0.25) is 0 Å². The second-order valence-corrected chi connectivity index (χ2v) is 5.23. The van der Waals surface area contributed by atoms with Crippen molar-refractivity contribution < 1.29 is 23.1 Å². The number of alkyl halides is 3. The molecule has 6 nitrogen and oxygen atoms in total. The molecule has 0 radical (unpaired) electrons. The van der Waals surface area contributed by atoms with Gasteiger partial charge in [0.25, 0.3) is 0 Å². The van der Waals surface area contributed by atoms with Gasteiger partial charge in [-0.25, -0.2) is 9.50 Å². The van der Waals surface area contributed by atoms with Crippen molar-refractivity contribution >= 4 is 17.3 Å². The summed E-state index contributed by atoms with van der Waals surface area (Å²) < 4.78 is 39.5. The Hall–Kier alpha value is -2.32. The topological polar surface area (TPSA) is 70.7 Å². The standard InChI is InChI=1S/C13H13F3N4O2/c14-13(15,16)10-6-9-11(17-3-5-20(9)18-10)19-4-1-2-8(7-19)12(21)22/h3,5-6,8H,1-2,4,7H2,(H,21,22)/t8-/m1/s1. The highest BCUT2D eigenvalue weighted by atomic mass is 19.4. The maximum atomic E-state index is 12.8. The van der Waals surface area contributed by atoms with Crippen LogP contribution in [0.3, 0.4) is 0 Å². The molecule has 1 aliphatic heterocycles. The summed E-state index contributed by atoms with van der Waals surface area (Å²) in [5, 5.41) is 12.6. The molecule has 0 unspecified atom stereocenters. The molecule has 3 heterocycles. The molecular formula is C13H13F3N4O2. The molecule has 0 aromatic carbocycles. The third kappa shape index (κ3) is 2.58. The monoisotopic (exact) mass is 314 g/mol. The summed E-state index contributed by atoms with van der Waals surface area (Å²) in [6.45, 7) is 0.789. The normalized spacial score (nSPS) is 19.6. The number of aliphatic carboxylic acids is 1. The van der Waals surface area contributed by atoms with E-state index in [4.69, 9.17) is 5.11 Å². The molecule has 2 aromatic heterocycles. The minimum absolute atomic E-state index is 0.223. The van der Waals surface area contributed by atoms with Crippen molar-refractivity contribution in [3.8, 4) is 0 Å². The Morgan fingerprint density at radius 3 is 2.86 bits per heavy atom. The first-order valence-corrected chi connectivity index (χ1v) is 6.75. The Kier molecular flexibility index (Phi) is 3.42. The van der Waals surface area contributed by atoms with E-state index in [9.17, 15) is 18.0 Å². The lowest BCUT2D eigenvalue weighted by Crippen LogP contribution is -2.39. The summed E-state index contributed by atoms with van der Waals surface area (Å²) in [7, 11) is 0. The number of carboxylic acids is 1. The molecule has 1 N–H and O–H groups in total. The largest absolute Gasteiger partial charge is 0.481 e. The lowest BCUT2D eigenvalue weighted by Gasteiger charge is -2.31. The third-order valence-corrected chi connectivity index (χ3v) is 3.73. The van der Waals surface area contributed by atoms with Crippen LogP contribution in [0.4, 0.5) is 19.0 Å². The fraction of sp³-hybridized carbons (Fsp3) is 0.462. The van der Waals surface area contributed by atoms with Gasteiger partial charge >= 0.3 is 12.1 Å². The van der Waals surface area contributed by atoms with Crippen LogP contribution in [0.15, 0.2) is 18.5 Å². The molecule has 1 saturated heterocycles. The van der Waals surface area contributed by atoms with Gasteiger partial charge in [-0.05, 0) is 12.8 Å². The molecule has 1 aliphatic rings. The summed E-state index contributed by atoms with van der Waals surface area (Å²) in [5.41, 5.74) is -0.769. The van der Waals surface area contributed by atoms with Crippen molar-refractivity contribution in [3.05, 3.63) is 24.2 Å². The third-order valence-electron chi connectivity index (χ3n) is 3.73. The average Bonchev–Trinajstić information content (AvgIpc) is 2.91. The van der Waals surface area contributed by atoms with Gasteiger partial charge < -0.3 is 10.0 Å². The van der Waals surface area contributed by atoms with Crippen LogP contribution < -0.4 is 4.90 Å². The minimum atomic E-state index is -4.53. The molecule has 0 aliphatic carbocycles. The predicted molar refractivity (Wildman–Crippen MR) is 70.6 cm³/mol. The highest BCUT2D eigenvalue weighted by Gasteiger charge is 2.35. The maximum Gasteiger partial charge on any atom is 0.435 e. The Morgan fingerprint density at radius 1 is 1.41 bits per heavy atom. The lowest BCUT2D eigenvalue weighted by molar-refractivity contribution is -0.142. The smallest absolute Gasteiger partial charge is 0.435 e. The molecule has 0 spiro atoms. The van der Waals surface area contributed by atoms with Gasteiger partial charge in [0.1, 0.15) is 5.52 Å². The summed E-state index contributed by atoms with van der Waals surface area (Å²) in [6, 6.07) is 0.937. The summed E-state index contributed by atoms with van der Waals surface area (Å²) in [4.78, 5) is 16.9. The van der Waals surface area contributed by atoms with Gasteiger partial charge in [-0.3, -0.25) is 4.79 Å². The van der Waals surface area contributed by atoms with Crippen molar-refractivity contribution in [1.29, 1.82) is 0 Å². The Labute approximate surface area is 123 Å². The van der Waals surface area contributed by atoms with Crippen LogP contribution in [0.25, 0.3) is 5.52 Å². The number of nitrogens with zero attached hydrogens (tertiary/aromatic N) is 4. The first-order valence-electron chi connectivity index (χ1n) is 6.75. The van der Waals surface area contributed by atoms with E-state index < -0.39 is 23.8 Å². The molecule has 118 valence electrons. The second-order valence-electron chi connectivity index (χ2n) is 5.23. The van der Waals surface area contributed by atoms with E-state index in [2.05, 4.69) is 10.1 Å². The highest BCUT2D eigenvalue weighted by molar-refractivity contribution is 5.73. The van der Waals surface area contributed by atoms with E-state index in [1.165, 1.54) is 12.4 Å². The van der Waals surface area contributed by atoms with Crippen molar-refractivity contribution in [2.24, 2.45) is 5.92 Å². The van der Waals surface area contributed by atoms with E-state index in [1.807, 2.05) is 0 Å². The van der Waals surface area contributed by atoms with Crippen LogP contribution in [-0.2, 0) is 11.0 Å². The maximum absolute atomic E-state index is 12.8. The number of aromatic nitrogens is 3. The molecule has 0 amide bonds. The highest BCUT2D eigenvalue weighted by Crippen LogP contribution is 2.32. The van der Waals surface area contributed by atoms with E-state index >= 15 is 0 Å². The number of carboxylic acid groups (broad SMARTS) is 1. The summed E-state index contributed by atoms with van der Waals surface area (Å²) in [5.74, 6) is -1.11. The van der Waals surface area contributed by atoms with Crippen LogP contribution in [0.1, 0.15) is 18.5 Å². The first kappa shape index (κ1) is 14.6. The van der Waals surface area contributed by atoms with Crippen molar-refractivity contribution in [3.63, 3.8) is 0 Å². The number of fused-ring (bicyclic) bond motifs is 1. The molecule has 9 heteroatoms. The summed E-state index contributed by atoms with van der Waals surface area (Å²) in [6.07, 6.45) is -0.622. The fourth-order valence-corrected chi connectivity index (χ4v) is 2.66. The number of piperidine rings is 1. The van der Waals surface area contributed by atoms with Crippen LogP contribution in [0, 0.1) is 5.92 Å². The number of hydrogen-bond donors (Lipinski definition) is 1. The zero-order valence-corrected chi connectivity index (χ0v) is 11.4. The zero-order chi connectivity index (χ0) is 15.9. The molecule has 2 aromatic rings. The second kappa shape index (κ2) is 5.15. The van der Waals surface area contributed by atoms with Gasteiger partial charge in [-0.15, -0.1) is 0 Å². The van der Waals surface area contributed by atoms with Gasteiger partial charge in [0.15, 0.2) is 11.5 Å². The van der Waals surface area contributed by atoms with E-state index in [0.29, 0.717) is 25.2 Å². The average molecular weight is 314 g/mol. The molecular weight excluding hydrogens is 301 g/mol. The molecule has 22 heavy (non-hydrogen) atoms. The van der Waals surface area contributed by atoms with Crippen molar-refractivity contribution in [2.45, 2.75) is 19.0 Å². The van der Waals surface area contributed by atoms with Gasteiger partial charge in [0.2, 0.25) is 0 Å². The SMILES string of the molecule is O=C(O)[C@@H]1CCCN(c2nccn3nc(C(F)(F)F)cc23)C1. The van der Waals surface area contributed by atoms with Gasteiger partial charge in [0.05, 0.1) is 5.92 Å². The van der Waals surface area contributed by atoms with Crippen LogP contribution >= 0.6 is 0 Å².